The quantitative estimate of drug-likeness (QED) is 0.793. The van der Waals surface area contributed by atoms with Crippen LogP contribution in [0.5, 0.6) is 0 Å². The lowest BCUT2D eigenvalue weighted by Gasteiger charge is -2.27. The maximum Gasteiger partial charge on any atom is 0.127 e. The van der Waals surface area contributed by atoms with Gasteiger partial charge in [-0.25, -0.2) is 9.99 Å². The van der Waals surface area contributed by atoms with Crippen LogP contribution in [-0.4, -0.2) is 30.1 Å². The standard InChI is InChI=1S/C11H18N4/c1-12-11-9-10(5-6-13-11)14-15-7-3-2-4-8-15/h5-6,9H,2-4,7-8H2,1H3,(H2,12,13,14). The molecule has 82 valence electrons. The molecule has 0 amide bonds. The molecule has 0 aliphatic carbocycles. The van der Waals surface area contributed by atoms with Crippen LogP contribution < -0.4 is 10.7 Å². The lowest BCUT2D eigenvalue weighted by molar-refractivity contribution is 0.273. The Bertz CT molecular complexity index is 307. The lowest BCUT2D eigenvalue weighted by atomic mass is 10.2. The molecule has 4 nitrogen and oxygen atoms in total. The maximum atomic E-state index is 4.18. The Hall–Kier alpha value is -1.29. The molecule has 2 heterocycles. The average molecular weight is 206 g/mol. The highest BCUT2D eigenvalue weighted by Gasteiger charge is 2.09. The number of hydrazine groups is 1. The van der Waals surface area contributed by atoms with E-state index >= 15 is 0 Å². The molecule has 1 aromatic heterocycles. The number of aromatic nitrogens is 1. The van der Waals surface area contributed by atoms with Crippen LogP contribution in [0.4, 0.5) is 11.5 Å². The van der Waals surface area contributed by atoms with Crippen molar-refractivity contribution in [3.63, 3.8) is 0 Å². The third kappa shape index (κ3) is 2.83. The summed E-state index contributed by atoms with van der Waals surface area (Å²) in [6.07, 6.45) is 5.75. The van der Waals surface area contributed by atoms with Crippen LogP contribution >= 0.6 is 0 Å². The van der Waals surface area contributed by atoms with E-state index < -0.39 is 0 Å². The number of nitrogens with zero attached hydrogens (tertiary/aromatic N) is 2. The van der Waals surface area contributed by atoms with Gasteiger partial charge in [0.05, 0.1) is 5.69 Å². The van der Waals surface area contributed by atoms with E-state index in [0.29, 0.717) is 0 Å². The van der Waals surface area contributed by atoms with E-state index in [9.17, 15) is 0 Å². The molecule has 1 saturated heterocycles. The summed E-state index contributed by atoms with van der Waals surface area (Å²) in [7, 11) is 1.88. The molecule has 2 N–H and O–H groups in total. The Labute approximate surface area is 90.7 Å². The summed E-state index contributed by atoms with van der Waals surface area (Å²) in [5, 5.41) is 5.31. The van der Waals surface area contributed by atoms with Gasteiger partial charge in [0.2, 0.25) is 0 Å². The first-order chi connectivity index (χ1) is 7.38. The SMILES string of the molecule is CNc1cc(NN2CCCCC2)ccn1. The van der Waals surface area contributed by atoms with E-state index in [1.807, 2.05) is 25.4 Å². The Balaban J connectivity index is 1.96. The summed E-state index contributed by atoms with van der Waals surface area (Å²) in [5.74, 6) is 0.900. The van der Waals surface area contributed by atoms with Crippen molar-refractivity contribution in [2.75, 3.05) is 30.9 Å². The zero-order chi connectivity index (χ0) is 10.5. The number of pyridine rings is 1. The summed E-state index contributed by atoms with van der Waals surface area (Å²) < 4.78 is 0. The molecule has 0 spiro atoms. The monoisotopic (exact) mass is 206 g/mol. The van der Waals surface area contributed by atoms with Crippen LogP contribution in [0.25, 0.3) is 0 Å². The number of rotatable bonds is 3. The van der Waals surface area contributed by atoms with Gasteiger partial charge in [-0.15, -0.1) is 0 Å². The third-order valence-corrected chi connectivity index (χ3v) is 2.66. The predicted molar refractivity (Wildman–Crippen MR) is 62.8 cm³/mol. The molecule has 0 unspecified atom stereocenters. The van der Waals surface area contributed by atoms with E-state index in [0.717, 1.165) is 24.6 Å². The minimum Gasteiger partial charge on any atom is -0.373 e. The fraction of sp³-hybridized carbons (Fsp3) is 0.545. The highest BCUT2D eigenvalue weighted by Crippen LogP contribution is 2.15. The minimum atomic E-state index is 0.900. The number of hydrogen-bond donors (Lipinski definition) is 2. The molecule has 0 bridgehead atoms. The minimum absolute atomic E-state index is 0.900. The summed E-state index contributed by atoms with van der Waals surface area (Å²) in [5.41, 5.74) is 4.52. The molecule has 1 aromatic rings. The number of piperidine rings is 1. The van der Waals surface area contributed by atoms with E-state index in [2.05, 4.69) is 20.7 Å². The van der Waals surface area contributed by atoms with Crippen molar-refractivity contribution in [2.24, 2.45) is 0 Å². The van der Waals surface area contributed by atoms with Gasteiger partial charge in [-0.2, -0.15) is 0 Å². The summed E-state index contributed by atoms with van der Waals surface area (Å²) in [6.45, 7) is 2.27. The number of nitrogens with one attached hydrogen (secondary N) is 2. The second-order valence-corrected chi connectivity index (χ2v) is 3.84. The van der Waals surface area contributed by atoms with Crippen molar-refractivity contribution < 1.29 is 0 Å². The van der Waals surface area contributed by atoms with Gasteiger partial charge in [0, 0.05) is 32.4 Å². The summed E-state index contributed by atoms with van der Waals surface area (Å²) in [4.78, 5) is 4.18. The first-order valence-electron chi connectivity index (χ1n) is 5.54. The van der Waals surface area contributed by atoms with Gasteiger partial charge >= 0.3 is 0 Å². The Morgan fingerprint density at radius 3 is 2.80 bits per heavy atom. The third-order valence-electron chi connectivity index (χ3n) is 2.66. The molecule has 4 heteroatoms. The average Bonchev–Trinajstić information content (AvgIpc) is 2.31. The molecule has 1 fully saturated rings. The van der Waals surface area contributed by atoms with Crippen molar-refractivity contribution in [2.45, 2.75) is 19.3 Å². The molecule has 0 saturated carbocycles. The molecular weight excluding hydrogens is 188 g/mol. The fourth-order valence-corrected chi connectivity index (χ4v) is 1.83. The van der Waals surface area contributed by atoms with Crippen LogP contribution in [0.1, 0.15) is 19.3 Å². The van der Waals surface area contributed by atoms with Gasteiger partial charge in [0.25, 0.3) is 0 Å². The number of anilines is 2. The summed E-state index contributed by atoms with van der Waals surface area (Å²) >= 11 is 0. The predicted octanol–water partition coefficient (Wildman–Crippen LogP) is 1.94. The molecule has 1 aliphatic rings. The molecule has 1 aliphatic heterocycles. The Morgan fingerprint density at radius 1 is 1.27 bits per heavy atom. The van der Waals surface area contributed by atoms with E-state index in [1.54, 1.807) is 0 Å². The highest BCUT2D eigenvalue weighted by molar-refractivity contribution is 5.50. The fourth-order valence-electron chi connectivity index (χ4n) is 1.83. The van der Waals surface area contributed by atoms with Gasteiger partial charge in [-0.1, -0.05) is 6.42 Å². The van der Waals surface area contributed by atoms with Gasteiger partial charge in [-0.05, 0) is 18.9 Å². The van der Waals surface area contributed by atoms with Crippen molar-refractivity contribution in [1.82, 2.24) is 9.99 Å². The summed E-state index contributed by atoms with van der Waals surface area (Å²) in [6, 6.07) is 4.02. The van der Waals surface area contributed by atoms with Gasteiger partial charge in [0.15, 0.2) is 0 Å². The van der Waals surface area contributed by atoms with Crippen molar-refractivity contribution >= 4 is 11.5 Å². The van der Waals surface area contributed by atoms with Crippen LogP contribution in [0.3, 0.4) is 0 Å². The zero-order valence-electron chi connectivity index (χ0n) is 9.16. The second kappa shape index (κ2) is 4.98. The molecule has 0 aromatic carbocycles. The molecule has 0 atom stereocenters. The van der Waals surface area contributed by atoms with Gasteiger partial charge in [-0.3, -0.25) is 0 Å². The molecule has 0 radical (unpaired) electrons. The van der Waals surface area contributed by atoms with Gasteiger partial charge < -0.3 is 10.7 Å². The number of hydrogen-bond acceptors (Lipinski definition) is 4. The van der Waals surface area contributed by atoms with Crippen LogP contribution in [0.2, 0.25) is 0 Å². The van der Waals surface area contributed by atoms with Gasteiger partial charge in [0.1, 0.15) is 5.82 Å². The lowest BCUT2D eigenvalue weighted by Crippen LogP contribution is -2.34. The normalized spacial score (nSPS) is 17.4. The van der Waals surface area contributed by atoms with E-state index in [4.69, 9.17) is 0 Å². The van der Waals surface area contributed by atoms with E-state index in [-0.39, 0.29) is 0 Å². The Kier molecular flexibility index (Phi) is 3.40. The van der Waals surface area contributed by atoms with Crippen molar-refractivity contribution in [1.29, 1.82) is 0 Å². The van der Waals surface area contributed by atoms with Crippen LogP contribution in [-0.2, 0) is 0 Å². The van der Waals surface area contributed by atoms with Crippen LogP contribution in [0.15, 0.2) is 18.3 Å². The smallest absolute Gasteiger partial charge is 0.127 e. The van der Waals surface area contributed by atoms with Crippen molar-refractivity contribution in [3.05, 3.63) is 18.3 Å². The topological polar surface area (TPSA) is 40.2 Å². The molecule has 15 heavy (non-hydrogen) atoms. The Morgan fingerprint density at radius 2 is 2.07 bits per heavy atom. The van der Waals surface area contributed by atoms with Crippen LogP contribution in [0, 0.1) is 0 Å². The van der Waals surface area contributed by atoms with Crippen molar-refractivity contribution in [3.8, 4) is 0 Å². The molecule has 2 rings (SSSR count). The molecular formula is C11H18N4. The first kappa shape index (κ1) is 10.2. The zero-order valence-corrected chi connectivity index (χ0v) is 9.16. The van der Waals surface area contributed by atoms with E-state index in [1.165, 1.54) is 19.3 Å². The highest BCUT2D eigenvalue weighted by atomic mass is 15.5. The second-order valence-electron chi connectivity index (χ2n) is 3.84. The largest absolute Gasteiger partial charge is 0.373 e. The first-order valence-corrected chi connectivity index (χ1v) is 5.54. The maximum absolute atomic E-state index is 4.18.